The first-order valence-corrected chi connectivity index (χ1v) is 9.12. The van der Waals surface area contributed by atoms with Crippen LogP contribution in [0.1, 0.15) is 44.7 Å². The molecule has 2 nitrogen and oxygen atoms in total. The van der Waals surface area contributed by atoms with Gasteiger partial charge in [0.05, 0.1) is 18.5 Å². The summed E-state index contributed by atoms with van der Waals surface area (Å²) in [6, 6.07) is 16.5. The summed E-state index contributed by atoms with van der Waals surface area (Å²) < 4.78 is 5.26. The third-order valence-corrected chi connectivity index (χ3v) is 5.38. The average Bonchev–Trinajstić information content (AvgIpc) is 2.89. The third-order valence-electron chi connectivity index (χ3n) is 5.38. The van der Waals surface area contributed by atoms with Crippen LogP contribution in [0.3, 0.4) is 0 Å². The molecule has 0 aromatic heterocycles. The Morgan fingerprint density at radius 1 is 0.923 bits per heavy atom. The number of nitrogens with zero attached hydrogens (tertiary/aromatic N) is 1. The fourth-order valence-corrected chi connectivity index (χ4v) is 3.47. The number of allylic oxidation sites excluding steroid dienone is 4. The van der Waals surface area contributed by atoms with E-state index in [-0.39, 0.29) is 0 Å². The summed E-state index contributed by atoms with van der Waals surface area (Å²) in [6.45, 7) is 8.86. The van der Waals surface area contributed by atoms with Gasteiger partial charge < -0.3 is 4.74 Å². The van der Waals surface area contributed by atoms with E-state index in [1.165, 1.54) is 33.4 Å². The molecule has 1 aliphatic carbocycles. The number of aliphatic imine (C=N–C) groups is 1. The van der Waals surface area contributed by atoms with Gasteiger partial charge in [0.1, 0.15) is 5.75 Å². The van der Waals surface area contributed by atoms with Crippen LogP contribution in [0.25, 0.3) is 0 Å². The van der Waals surface area contributed by atoms with Crippen LogP contribution in [0.5, 0.6) is 5.75 Å². The molecule has 0 atom stereocenters. The van der Waals surface area contributed by atoms with Gasteiger partial charge in [0.25, 0.3) is 0 Å². The second kappa shape index (κ2) is 7.74. The number of hydrogen-bond acceptors (Lipinski definition) is 2. The van der Waals surface area contributed by atoms with Gasteiger partial charge in [-0.3, -0.25) is 4.99 Å². The van der Waals surface area contributed by atoms with Gasteiger partial charge in [-0.2, -0.15) is 0 Å². The topological polar surface area (TPSA) is 21.6 Å². The van der Waals surface area contributed by atoms with E-state index in [0.29, 0.717) is 0 Å². The second-order valence-electron chi connectivity index (χ2n) is 7.06. The summed E-state index contributed by atoms with van der Waals surface area (Å²) in [7, 11) is 1.68. The van der Waals surface area contributed by atoms with Crippen molar-refractivity contribution in [2.45, 2.75) is 40.5 Å². The number of aryl methyl sites for hydroxylation is 1. The van der Waals surface area contributed by atoms with Crippen molar-refractivity contribution in [2.24, 2.45) is 4.99 Å². The lowest BCUT2D eigenvalue weighted by atomic mass is 9.95. The number of hydrogen-bond donors (Lipinski definition) is 0. The van der Waals surface area contributed by atoms with Crippen molar-refractivity contribution >= 4 is 11.4 Å². The molecule has 2 heteroatoms. The molecule has 0 bridgehead atoms. The smallest absolute Gasteiger partial charge is 0.119 e. The summed E-state index contributed by atoms with van der Waals surface area (Å²) in [4.78, 5) is 5.02. The van der Waals surface area contributed by atoms with Gasteiger partial charge in [0.15, 0.2) is 0 Å². The molecule has 3 rings (SSSR count). The van der Waals surface area contributed by atoms with E-state index in [9.17, 15) is 0 Å². The Labute approximate surface area is 156 Å². The minimum absolute atomic E-state index is 0.853. The van der Waals surface area contributed by atoms with Crippen LogP contribution in [0.4, 0.5) is 5.69 Å². The summed E-state index contributed by atoms with van der Waals surface area (Å²) >= 11 is 0. The molecule has 0 saturated carbocycles. The summed E-state index contributed by atoms with van der Waals surface area (Å²) in [6.07, 6.45) is 1.95. The van der Waals surface area contributed by atoms with Crippen molar-refractivity contribution in [1.29, 1.82) is 0 Å². The highest BCUT2D eigenvalue weighted by Gasteiger charge is 2.18. The standard InChI is InChI=1S/C24H27NO/c1-16-8-6-7-9-23(16)24(15-20-14-17(2)18(3)19(20)4)25-21-10-12-22(26-5)13-11-21/h6-13H,14-15H2,1-5H3/b25-24-. The van der Waals surface area contributed by atoms with Crippen LogP contribution in [0.2, 0.25) is 0 Å². The van der Waals surface area contributed by atoms with Crippen molar-refractivity contribution in [1.82, 2.24) is 0 Å². The Bertz CT molecular complexity index is 898. The molecule has 0 fully saturated rings. The predicted octanol–water partition coefficient (Wildman–Crippen LogP) is 6.57. The molecule has 0 heterocycles. The van der Waals surface area contributed by atoms with E-state index >= 15 is 0 Å². The van der Waals surface area contributed by atoms with Gasteiger partial charge in [-0.1, -0.05) is 35.4 Å². The molecule has 1 aliphatic rings. The van der Waals surface area contributed by atoms with E-state index in [0.717, 1.165) is 30.0 Å². The van der Waals surface area contributed by atoms with E-state index in [1.807, 2.05) is 24.3 Å². The fraction of sp³-hybridized carbons (Fsp3) is 0.292. The lowest BCUT2D eigenvalue weighted by Gasteiger charge is -2.13. The Morgan fingerprint density at radius 2 is 1.62 bits per heavy atom. The molecular formula is C24H27NO. The maximum atomic E-state index is 5.26. The van der Waals surface area contributed by atoms with Gasteiger partial charge in [-0.25, -0.2) is 0 Å². The Morgan fingerprint density at radius 3 is 2.19 bits per heavy atom. The van der Waals surface area contributed by atoms with Crippen LogP contribution in [0.15, 0.2) is 75.8 Å². The molecule has 2 aromatic rings. The van der Waals surface area contributed by atoms with Gasteiger partial charge in [0, 0.05) is 6.42 Å². The van der Waals surface area contributed by atoms with Crippen LogP contribution >= 0.6 is 0 Å². The maximum absolute atomic E-state index is 5.26. The zero-order valence-corrected chi connectivity index (χ0v) is 16.4. The van der Waals surface area contributed by atoms with Crippen LogP contribution < -0.4 is 4.74 Å². The number of rotatable bonds is 5. The molecule has 134 valence electrons. The van der Waals surface area contributed by atoms with E-state index in [1.54, 1.807) is 7.11 Å². The highest BCUT2D eigenvalue weighted by Crippen LogP contribution is 2.35. The van der Waals surface area contributed by atoms with Crippen LogP contribution in [0, 0.1) is 6.92 Å². The van der Waals surface area contributed by atoms with E-state index in [2.05, 4.69) is 52.0 Å². The number of methoxy groups -OCH3 is 1. The highest BCUT2D eigenvalue weighted by atomic mass is 16.5. The van der Waals surface area contributed by atoms with Gasteiger partial charge >= 0.3 is 0 Å². The number of ether oxygens (including phenoxy) is 1. The molecule has 26 heavy (non-hydrogen) atoms. The monoisotopic (exact) mass is 345 g/mol. The largest absolute Gasteiger partial charge is 0.497 e. The van der Waals surface area contributed by atoms with E-state index in [4.69, 9.17) is 9.73 Å². The van der Waals surface area contributed by atoms with Crippen molar-refractivity contribution in [3.05, 3.63) is 82.0 Å². The molecule has 0 spiro atoms. The first kappa shape index (κ1) is 18.2. The van der Waals surface area contributed by atoms with Crippen molar-refractivity contribution in [2.75, 3.05) is 7.11 Å². The fourth-order valence-electron chi connectivity index (χ4n) is 3.47. The predicted molar refractivity (Wildman–Crippen MR) is 111 cm³/mol. The average molecular weight is 345 g/mol. The normalized spacial score (nSPS) is 15.0. The summed E-state index contributed by atoms with van der Waals surface area (Å²) in [5.74, 6) is 0.853. The zero-order chi connectivity index (χ0) is 18.7. The molecule has 0 radical (unpaired) electrons. The van der Waals surface area contributed by atoms with Crippen molar-refractivity contribution < 1.29 is 4.74 Å². The van der Waals surface area contributed by atoms with Crippen LogP contribution in [-0.4, -0.2) is 12.8 Å². The molecule has 0 N–H and O–H groups in total. The molecule has 0 unspecified atom stereocenters. The second-order valence-corrected chi connectivity index (χ2v) is 7.06. The Hall–Kier alpha value is -2.61. The maximum Gasteiger partial charge on any atom is 0.119 e. The lowest BCUT2D eigenvalue weighted by Crippen LogP contribution is -2.05. The molecule has 0 amide bonds. The highest BCUT2D eigenvalue weighted by molar-refractivity contribution is 6.04. The minimum atomic E-state index is 0.853. The molecule has 0 aliphatic heterocycles. The van der Waals surface area contributed by atoms with Gasteiger partial charge in [0.2, 0.25) is 0 Å². The summed E-state index contributed by atoms with van der Waals surface area (Å²) in [5, 5.41) is 0. The van der Waals surface area contributed by atoms with Gasteiger partial charge in [-0.15, -0.1) is 0 Å². The minimum Gasteiger partial charge on any atom is -0.497 e. The Balaban J connectivity index is 2.00. The first-order valence-electron chi connectivity index (χ1n) is 9.12. The Kier molecular flexibility index (Phi) is 5.41. The quantitative estimate of drug-likeness (QED) is 0.561. The molecular weight excluding hydrogens is 318 g/mol. The van der Waals surface area contributed by atoms with E-state index < -0.39 is 0 Å². The lowest BCUT2D eigenvalue weighted by molar-refractivity contribution is 0.415. The van der Waals surface area contributed by atoms with Crippen molar-refractivity contribution in [3.8, 4) is 5.75 Å². The summed E-state index contributed by atoms with van der Waals surface area (Å²) in [5.41, 5.74) is 10.4. The van der Waals surface area contributed by atoms with Gasteiger partial charge in [-0.05, 0) is 80.7 Å². The zero-order valence-electron chi connectivity index (χ0n) is 16.4. The first-order chi connectivity index (χ1) is 12.5. The van der Waals surface area contributed by atoms with Crippen molar-refractivity contribution in [3.63, 3.8) is 0 Å². The number of benzene rings is 2. The molecule has 2 aromatic carbocycles. The SMILES string of the molecule is COc1ccc(/N=C(/CC2=C(C)C(C)=C(C)C2)c2ccccc2C)cc1. The van der Waals surface area contributed by atoms with Crippen LogP contribution in [-0.2, 0) is 0 Å². The third kappa shape index (κ3) is 3.80. The molecule has 0 saturated heterocycles.